The lowest BCUT2D eigenvalue weighted by atomic mass is 9.99. The van der Waals surface area contributed by atoms with Crippen molar-refractivity contribution in [3.63, 3.8) is 0 Å². The molecule has 2 rings (SSSR count). The smallest absolute Gasteiger partial charge is 0.248 e. The second kappa shape index (κ2) is 3.17. The van der Waals surface area contributed by atoms with Crippen LogP contribution in [0.5, 0.6) is 0 Å². The number of Topliss-reactive ketones (excluding diaryl/α,β-unsaturated/α-hetero) is 1. The zero-order valence-electron chi connectivity index (χ0n) is 7.25. The van der Waals surface area contributed by atoms with E-state index in [1.165, 1.54) is 0 Å². The molecule has 0 spiro atoms. The molecular weight excluding hydrogens is 166 g/mol. The van der Waals surface area contributed by atoms with Gasteiger partial charge in [-0.05, 0) is 24.0 Å². The fraction of sp³-hybridized carbons (Fsp3) is 0.400. The first kappa shape index (κ1) is 8.23. The normalized spacial score (nSPS) is 22.2. The zero-order chi connectivity index (χ0) is 9.26. The Kier molecular flexibility index (Phi) is 2.00. The molecule has 0 bridgehead atoms. The van der Waals surface area contributed by atoms with Gasteiger partial charge >= 0.3 is 0 Å². The minimum atomic E-state index is -0.0863. The van der Waals surface area contributed by atoms with E-state index in [-0.39, 0.29) is 11.5 Å². The number of carbonyl (C=O) groups is 1. The van der Waals surface area contributed by atoms with E-state index >= 15 is 0 Å². The van der Waals surface area contributed by atoms with Gasteiger partial charge in [0, 0.05) is 25.1 Å². The van der Waals surface area contributed by atoms with Gasteiger partial charge in [0.1, 0.15) is 5.78 Å². The van der Waals surface area contributed by atoms with Crippen molar-refractivity contribution in [3.05, 3.63) is 34.2 Å². The van der Waals surface area contributed by atoms with Gasteiger partial charge in [-0.2, -0.15) is 0 Å². The van der Waals surface area contributed by atoms with Gasteiger partial charge < -0.3 is 4.98 Å². The molecule has 0 aromatic carbocycles. The van der Waals surface area contributed by atoms with E-state index in [1.54, 1.807) is 12.3 Å². The molecule has 0 aliphatic heterocycles. The molecule has 0 saturated heterocycles. The fourth-order valence-electron chi connectivity index (χ4n) is 1.81. The average Bonchev–Trinajstić information content (AvgIpc) is 2.52. The third kappa shape index (κ3) is 1.69. The molecule has 13 heavy (non-hydrogen) atoms. The fourth-order valence-corrected chi connectivity index (χ4v) is 1.81. The summed E-state index contributed by atoms with van der Waals surface area (Å²) in [6.07, 6.45) is 3.80. The van der Waals surface area contributed by atoms with Crippen LogP contribution in [-0.4, -0.2) is 10.8 Å². The summed E-state index contributed by atoms with van der Waals surface area (Å²) in [4.78, 5) is 24.6. The summed E-state index contributed by atoms with van der Waals surface area (Å²) in [7, 11) is 0. The molecule has 68 valence electrons. The van der Waals surface area contributed by atoms with Gasteiger partial charge in [-0.3, -0.25) is 9.59 Å². The largest absolute Gasteiger partial charge is 0.329 e. The van der Waals surface area contributed by atoms with Crippen molar-refractivity contribution in [1.82, 2.24) is 4.98 Å². The van der Waals surface area contributed by atoms with Crippen LogP contribution in [-0.2, 0) is 4.79 Å². The summed E-state index contributed by atoms with van der Waals surface area (Å²) >= 11 is 0. The van der Waals surface area contributed by atoms with E-state index in [4.69, 9.17) is 0 Å². The number of hydrogen-bond acceptors (Lipinski definition) is 2. The Morgan fingerprint density at radius 3 is 2.85 bits per heavy atom. The molecule has 3 heteroatoms. The van der Waals surface area contributed by atoms with Gasteiger partial charge in [-0.25, -0.2) is 0 Å². The number of pyridine rings is 1. The van der Waals surface area contributed by atoms with Crippen LogP contribution < -0.4 is 5.56 Å². The molecule has 1 aliphatic rings. The minimum Gasteiger partial charge on any atom is -0.329 e. The van der Waals surface area contributed by atoms with Crippen LogP contribution in [0.1, 0.15) is 30.7 Å². The highest BCUT2D eigenvalue weighted by molar-refractivity contribution is 5.81. The Morgan fingerprint density at radius 1 is 1.38 bits per heavy atom. The molecule has 1 heterocycles. The number of rotatable bonds is 1. The van der Waals surface area contributed by atoms with Crippen molar-refractivity contribution >= 4 is 5.78 Å². The minimum absolute atomic E-state index is 0.0863. The Morgan fingerprint density at radius 2 is 2.23 bits per heavy atom. The number of hydrogen-bond donors (Lipinski definition) is 1. The highest BCUT2D eigenvalue weighted by Crippen LogP contribution is 2.30. The van der Waals surface area contributed by atoms with Crippen LogP contribution in [0.2, 0.25) is 0 Å². The van der Waals surface area contributed by atoms with Gasteiger partial charge in [0.25, 0.3) is 0 Å². The first-order valence-electron chi connectivity index (χ1n) is 4.46. The zero-order valence-corrected chi connectivity index (χ0v) is 7.25. The SMILES string of the molecule is O=C1CCC(c2cc[nH]c(=O)c2)C1. The van der Waals surface area contributed by atoms with Crippen molar-refractivity contribution in [2.75, 3.05) is 0 Å². The molecule has 1 fully saturated rings. The van der Waals surface area contributed by atoms with Crippen LogP contribution in [0.4, 0.5) is 0 Å². The predicted octanol–water partition coefficient (Wildman–Crippen LogP) is 1.21. The molecule has 1 saturated carbocycles. The van der Waals surface area contributed by atoms with Crippen LogP contribution in [0.15, 0.2) is 23.1 Å². The molecule has 0 amide bonds. The summed E-state index contributed by atoms with van der Waals surface area (Å²) in [6.45, 7) is 0. The highest BCUT2D eigenvalue weighted by atomic mass is 16.1. The Bertz CT molecular complexity index is 381. The lowest BCUT2D eigenvalue weighted by Gasteiger charge is -2.06. The van der Waals surface area contributed by atoms with E-state index in [2.05, 4.69) is 4.98 Å². The number of aromatic nitrogens is 1. The summed E-state index contributed by atoms with van der Waals surface area (Å²) in [6, 6.07) is 3.47. The van der Waals surface area contributed by atoms with E-state index < -0.39 is 0 Å². The van der Waals surface area contributed by atoms with Gasteiger partial charge in [-0.15, -0.1) is 0 Å². The van der Waals surface area contributed by atoms with Crippen molar-refractivity contribution < 1.29 is 4.79 Å². The topological polar surface area (TPSA) is 49.9 Å². The molecule has 1 aliphatic carbocycles. The second-order valence-corrected chi connectivity index (χ2v) is 3.46. The summed E-state index contributed by atoms with van der Waals surface area (Å²) in [5, 5.41) is 0. The third-order valence-electron chi connectivity index (χ3n) is 2.52. The number of aromatic amines is 1. The van der Waals surface area contributed by atoms with Crippen molar-refractivity contribution in [2.24, 2.45) is 0 Å². The van der Waals surface area contributed by atoms with E-state index in [0.29, 0.717) is 18.6 Å². The van der Waals surface area contributed by atoms with E-state index in [9.17, 15) is 9.59 Å². The van der Waals surface area contributed by atoms with Crippen LogP contribution >= 0.6 is 0 Å². The maximum absolute atomic E-state index is 11.0. The molecule has 1 N–H and O–H groups in total. The molecule has 1 aromatic rings. The number of carbonyl (C=O) groups excluding carboxylic acids is 1. The Hall–Kier alpha value is -1.38. The van der Waals surface area contributed by atoms with Gasteiger partial charge in [0.05, 0.1) is 0 Å². The van der Waals surface area contributed by atoms with E-state index in [0.717, 1.165) is 12.0 Å². The van der Waals surface area contributed by atoms with Crippen LogP contribution in [0.3, 0.4) is 0 Å². The number of H-pyrrole nitrogens is 1. The van der Waals surface area contributed by atoms with Gasteiger partial charge in [0.15, 0.2) is 0 Å². The van der Waals surface area contributed by atoms with Crippen molar-refractivity contribution in [2.45, 2.75) is 25.2 Å². The number of nitrogens with one attached hydrogen (secondary N) is 1. The summed E-state index contributed by atoms with van der Waals surface area (Å²) < 4.78 is 0. The Balaban J connectivity index is 2.26. The maximum Gasteiger partial charge on any atom is 0.248 e. The van der Waals surface area contributed by atoms with Crippen LogP contribution in [0, 0.1) is 0 Å². The average molecular weight is 177 g/mol. The quantitative estimate of drug-likeness (QED) is 0.701. The standard InChI is InChI=1S/C10H11NO2/c12-9-2-1-7(5-9)8-3-4-11-10(13)6-8/h3-4,6-7H,1-2,5H2,(H,11,13). The Labute approximate surface area is 75.8 Å². The van der Waals surface area contributed by atoms with Crippen molar-refractivity contribution in [1.29, 1.82) is 0 Å². The predicted molar refractivity (Wildman–Crippen MR) is 48.7 cm³/mol. The third-order valence-corrected chi connectivity index (χ3v) is 2.52. The van der Waals surface area contributed by atoms with E-state index in [1.807, 2.05) is 6.07 Å². The summed E-state index contributed by atoms with van der Waals surface area (Å²) in [5.41, 5.74) is 0.909. The summed E-state index contributed by atoms with van der Waals surface area (Å²) in [5.74, 6) is 0.583. The molecular formula is C10H11NO2. The molecule has 3 nitrogen and oxygen atoms in total. The van der Waals surface area contributed by atoms with Crippen LogP contribution in [0.25, 0.3) is 0 Å². The first-order chi connectivity index (χ1) is 6.25. The van der Waals surface area contributed by atoms with Gasteiger partial charge in [-0.1, -0.05) is 0 Å². The van der Waals surface area contributed by atoms with Crippen molar-refractivity contribution in [3.8, 4) is 0 Å². The lowest BCUT2D eigenvalue weighted by molar-refractivity contribution is -0.117. The molecule has 1 unspecified atom stereocenters. The molecule has 0 radical (unpaired) electrons. The second-order valence-electron chi connectivity index (χ2n) is 3.46. The van der Waals surface area contributed by atoms with Gasteiger partial charge in [0.2, 0.25) is 5.56 Å². The monoisotopic (exact) mass is 177 g/mol. The number of ketones is 1. The maximum atomic E-state index is 11.0. The molecule has 1 aromatic heterocycles. The first-order valence-corrected chi connectivity index (χ1v) is 4.46. The highest BCUT2D eigenvalue weighted by Gasteiger charge is 2.23. The lowest BCUT2D eigenvalue weighted by Crippen LogP contribution is -2.06. The molecule has 1 atom stereocenters.